The Morgan fingerprint density at radius 1 is 0.852 bits per heavy atom. The third kappa shape index (κ3) is 10.0. The van der Waals surface area contributed by atoms with Gasteiger partial charge in [-0.25, -0.2) is 0 Å². The summed E-state index contributed by atoms with van der Waals surface area (Å²) >= 11 is 0. The molecule has 1 aromatic carbocycles. The van der Waals surface area contributed by atoms with Gasteiger partial charge >= 0.3 is 10.1 Å². The van der Waals surface area contributed by atoms with Gasteiger partial charge in [0, 0.05) is 6.07 Å². The van der Waals surface area contributed by atoms with Gasteiger partial charge in [-0.3, -0.25) is 0 Å². The Morgan fingerprint density at radius 2 is 1.44 bits per heavy atom. The van der Waals surface area contributed by atoms with E-state index in [-0.39, 0.29) is 11.5 Å². The zero-order chi connectivity index (χ0) is 20.1. The topological polar surface area (TPSA) is 63.6 Å². The standard InChI is InChI=1S/C22H38O4S/c1-4-6-7-8-9-10-11-12-13-15-22(14-5-2)27(24,25)26-21-17-19(3)16-20(23)18-21/h16-18,22-23H,4-15H2,1-3H3. The fourth-order valence-electron chi connectivity index (χ4n) is 3.42. The molecule has 5 heteroatoms. The van der Waals surface area contributed by atoms with Crippen molar-refractivity contribution in [1.29, 1.82) is 0 Å². The molecule has 4 nitrogen and oxygen atoms in total. The molecule has 1 atom stereocenters. The van der Waals surface area contributed by atoms with Crippen LogP contribution in [0.4, 0.5) is 0 Å². The first-order valence-corrected chi connectivity index (χ1v) is 12.1. The number of phenolic OH excluding ortho intramolecular Hbond substituents is 1. The first-order chi connectivity index (χ1) is 12.9. The minimum atomic E-state index is -3.69. The number of benzene rings is 1. The van der Waals surface area contributed by atoms with E-state index in [0.29, 0.717) is 12.8 Å². The van der Waals surface area contributed by atoms with Crippen LogP contribution in [0.5, 0.6) is 11.5 Å². The summed E-state index contributed by atoms with van der Waals surface area (Å²) in [6.07, 6.45) is 13.0. The van der Waals surface area contributed by atoms with Gasteiger partial charge in [0.05, 0.1) is 5.25 Å². The van der Waals surface area contributed by atoms with Crippen LogP contribution in [0, 0.1) is 6.92 Å². The first kappa shape index (κ1) is 23.8. The number of phenols is 1. The Kier molecular flexibility index (Phi) is 11.5. The number of rotatable bonds is 15. The van der Waals surface area contributed by atoms with E-state index < -0.39 is 15.4 Å². The molecule has 0 aromatic heterocycles. The van der Waals surface area contributed by atoms with Crippen molar-refractivity contribution in [2.75, 3.05) is 0 Å². The second-order valence-corrected chi connectivity index (χ2v) is 9.43. The van der Waals surface area contributed by atoms with Gasteiger partial charge in [0.1, 0.15) is 11.5 Å². The molecule has 0 radical (unpaired) electrons. The van der Waals surface area contributed by atoms with E-state index in [1.807, 2.05) is 6.92 Å². The Balaban J connectivity index is 2.44. The highest BCUT2D eigenvalue weighted by molar-refractivity contribution is 7.87. The van der Waals surface area contributed by atoms with Crippen molar-refractivity contribution in [1.82, 2.24) is 0 Å². The van der Waals surface area contributed by atoms with Crippen molar-refractivity contribution < 1.29 is 17.7 Å². The summed E-state index contributed by atoms with van der Waals surface area (Å²) in [5, 5.41) is 9.17. The van der Waals surface area contributed by atoms with Crippen LogP contribution < -0.4 is 4.18 Å². The molecule has 1 aromatic rings. The first-order valence-electron chi connectivity index (χ1n) is 10.6. The van der Waals surface area contributed by atoms with Crippen molar-refractivity contribution in [3.8, 4) is 11.5 Å². The molecule has 156 valence electrons. The second-order valence-electron chi connectivity index (χ2n) is 7.61. The Morgan fingerprint density at radius 3 is 2.00 bits per heavy atom. The average molecular weight is 399 g/mol. The molecule has 1 rings (SSSR count). The molecule has 0 aliphatic carbocycles. The minimum absolute atomic E-state index is 0.0196. The van der Waals surface area contributed by atoms with E-state index in [4.69, 9.17) is 4.18 Å². The van der Waals surface area contributed by atoms with Crippen LogP contribution in [-0.2, 0) is 10.1 Å². The Labute approximate surface area is 166 Å². The van der Waals surface area contributed by atoms with Crippen LogP contribution in [0.1, 0.15) is 96.5 Å². The molecule has 1 N–H and O–H groups in total. The van der Waals surface area contributed by atoms with Gasteiger partial charge in [0.2, 0.25) is 0 Å². The van der Waals surface area contributed by atoms with Gasteiger partial charge in [-0.1, -0.05) is 78.1 Å². The monoisotopic (exact) mass is 398 g/mol. The highest BCUT2D eigenvalue weighted by atomic mass is 32.2. The number of aryl methyl sites for hydroxylation is 1. The van der Waals surface area contributed by atoms with Crippen molar-refractivity contribution >= 4 is 10.1 Å². The SMILES string of the molecule is CCCCCCCCCCCC(CCC)S(=O)(=O)Oc1cc(C)cc(O)c1. The van der Waals surface area contributed by atoms with Crippen LogP contribution in [0.2, 0.25) is 0 Å². The lowest BCUT2D eigenvalue weighted by atomic mass is 10.0. The van der Waals surface area contributed by atoms with Crippen LogP contribution in [0.3, 0.4) is 0 Å². The highest BCUT2D eigenvalue weighted by Gasteiger charge is 2.26. The maximum absolute atomic E-state index is 12.7. The van der Waals surface area contributed by atoms with Crippen molar-refractivity contribution in [2.45, 2.75) is 103 Å². The predicted octanol–water partition coefficient (Wildman–Crippen LogP) is 6.50. The van der Waals surface area contributed by atoms with Crippen LogP contribution in [-0.4, -0.2) is 18.8 Å². The summed E-state index contributed by atoms with van der Waals surface area (Å²) in [5.41, 5.74) is 0.770. The third-order valence-corrected chi connectivity index (χ3v) is 6.61. The molecule has 0 bridgehead atoms. The van der Waals surface area contributed by atoms with Gasteiger partial charge in [-0.05, 0) is 37.5 Å². The van der Waals surface area contributed by atoms with E-state index in [1.54, 1.807) is 19.1 Å². The van der Waals surface area contributed by atoms with E-state index in [1.165, 1.54) is 51.0 Å². The fourth-order valence-corrected chi connectivity index (χ4v) is 4.90. The molecule has 0 aliphatic heterocycles. The molecule has 0 aliphatic rings. The molecular formula is C22H38O4S. The second kappa shape index (κ2) is 13.0. The highest BCUT2D eigenvalue weighted by Crippen LogP contribution is 2.26. The molecule has 27 heavy (non-hydrogen) atoms. The summed E-state index contributed by atoms with van der Waals surface area (Å²) in [6.45, 7) is 6.02. The summed E-state index contributed by atoms with van der Waals surface area (Å²) < 4.78 is 30.7. The lowest BCUT2D eigenvalue weighted by Crippen LogP contribution is -2.26. The van der Waals surface area contributed by atoms with E-state index in [2.05, 4.69) is 6.92 Å². The summed E-state index contributed by atoms with van der Waals surface area (Å²) in [4.78, 5) is 0. The Hall–Kier alpha value is -1.23. The number of unbranched alkanes of at least 4 members (excludes halogenated alkanes) is 8. The molecule has 0 heterocycles. The molecule has 0 saturated carbocycles. The maximum atomic E-state index is 12.7. The molecule has 0 amide bonds. The van der Waals surface area contributed by atoms with Gasteiger partial charge in [-0.2, -0.15) is 8.42 Å². The van der Waals surface area contributed by atoms with Gasteiger partial charge < -0.3 is 9.29 Å². The number of aromatic hydroxyl groups is 1. The smallest absolute Gasteiger partial charge is 0.312 e. The summed E-state index contributed by atoms with van der Waals surface area (Å²) in [5.74, 6) is 0.215. The molecular weight excluding hydrogens is 360 g/mol. The maximum Gasteiger partial charge on any atom is 0.312 e. The third-order valence-electron chi connectivity index (χ3n) is 4.90. The minimum Gasteiger partial charge on any atom is -0.508 e. The van der Waals surface area contributed by atoms with E-state index in [9.17, 15) is 13.5 Å². The van der Waals surface area contributed by atoms with Crippen molar-refractivity contribution in [3.05, 3.63) is 23.8 Å². The van der Waals surface area contributed by atoms with Gasteiger partial charge in [-0.15, -0.1) is 0 Å². The van der Waals surface area contributed by atoms with Crippen molar-refractivity contribution in [2.24, 2.45) is 0 Å². The summed E-state index contributed by atoms with van der Waals surface area (Å²) in [7, 11) is -3.69. The van der Waals surface area contributed by atoms with Crippen molar-refractivity contribution in [3.63, 3.8) is 0 Å². The van der Waals surface area contributed by atoms with E-state index >= 15 is 0 Å². The van der Waals surface area contributed by atoms with Crippen LogP contribution in [0.15, 0.2) is 18.2 Å². The normalized spacial score (nSPS) is 12.9. The average Bonchev–Trinajstić information content (AvgIpc) is 2.58. The molecule has 0 spiro atoms. The zero-order valence-electron chi connectivity index (χ0n) is 17.4. The fraction of sp³-hybridized carbons (Fsp3) is 0.727. The number of hydrogen-bond acceptors (Lipinski definition) is 4. The molecule has 0 saturated heterocycles. The van der Waals surface area contributed by atoms with Crippen LogP contribution >= 0.6 is 0 Å². The Bertz CT molecular complexity index is 605. The number of hydrogen-bond donors (Lipinski definition) is 1. The quantitative estimate of drug-likeness (QED) is 0.270. The molecule has 1 unspecified atom stereocenters. The summed E-state index contributed by atoms with van der Waals surface area (Å²) in [6, 6.07) is 4.57. The predicted molar refractivity (Wildman–Crippen MR) is 113 cm³/mol. The van der Waals surface area contributed by atoms with Crippen LogP contribution in [0.25, 0.3) is 0 Å². The lowest BCUT2D eigenvalue weighted by Gasteiger charge is -2.17. The lowest BCUT2D eigenvalue weighted by molar-refractivity contribution is 0.445. The van der Waals surface area contributed by atoms with Gasteiger partial charge in [0.15, 0.2) is 0 Å². The molecule has 0 fully saturated rings. The van der Waals surface area contributed by atoms with E-state index in [0.717, 1.165) is 24.8 Å². The van der Waals surface area contributed by atoms with Gasteiger partial charge in [0.25, 0.3) is 0 Å². The largest absolute Gasteiger partial charge is 0.508 e. The zero-order valence-corrected chi connectivity index (χ0v) is 18.2.